The van der Waals surface area contributed by atoms with Crippen LogP contribution in [0.3, 0.4) is 0 Å². The highest BCUT2D eigenvalue weighted by molar-refractivity contribution is 5.70. The molecule has 6 nitrogen and oxygen atoms in total. The molecule has 3 N–H and O–H groups in total. The number of nitrogens with zero attached hydrogens (tertiary/aromatic N) is 2. The summed E-state index contributed by atoms with van der Waals surface area (Å²) in [7, 11) is 0. The van der Waals surface area contributed by atoms with Gasteiger partial charge in [-0.15, -0.1) is 0 Å². The van der Waals surface area contributed by atoms with Crippen molar-refractivity contribution in [2.45, 2.75) is 26.2 Å². The molecule has 0 spiro atoms. The minimum Gasteiger partial charge on any atom is -0.384 e. The van der Waals surface area contributed by atoms with E-state index in [1.54, 1.807) is 30.5 Å². The Labute approximate surface area is 123 Å². The fourth-order valence-electron chi connectivity index (χ4n) is 1.90. The van der Waals surface area contributed by atoms with Crippen molar-refractivity contribution in [1.29, 1.82) is 0 Å². The summed E-state index contributed by atoms with van der Waals surface area (Å²) in [6.07, 6.45) is 1.54. The molecule has 1 heterocycles. The number of nitro groups is 1. The second kappa shape index (κ2) is 5.40. The number of pyridine rings is 1. The second-order valence-electron chi connectivity index (χ2n) is 5.84. The van der Waals surface area contributed by atoms with Crippen molar-refractivity contribution < 1.29 is 4.92 Å². The van der Waals surface area contributed by atoms with Gasteiger partial charge in [0, 0.05) is 6.07 Å². The Kier molecular flexibility index (Phi) is 3.80. The van der Waals surface area contributed by atoms with Crippen molar-refractivity contribution in [2.75, 3.05) is 11.1 Å². The lowest BCUT2D eigenvalue weighted by Crippen LogP contribution is -2.11. The van der Waals surface area contributed by atoms with Crippen molar-refractivity contribution in [3.8, 4) is 0 Å². The molecule has 2 rings (SSSR count). The van der Waals surface area contributed by atoms with Gasteiger partial charge in [-0.3, -0.25) is 10.1 Å². The quantitative estimate of drug-likeness (QED) is 0.664. The summed E-state index contributed by atoms with van der Waals surface area (Å²) in [6, 6.07) is 8.48. The Morgan fingerprint density at radius 3 is 2.48 bits per heavy atom. The number of rotatable bonds is 3. The van der Waals surface area contributed by atoms with E-state index in [9.17, 15) is 10.1 Å². The molecule has 0 radical (unpaired) electrons. The van der Waals surface area contributed by atoms with Gasteiger partial charge in [-0.25, -0.2) is 4.98 Å². The molecule has 6 heteroatoms. The van der Waals surface area contributed by atoms with Crippen LogP contribution < -0.4 is 11.1 Å². The first-order valence-electron chi connectivity index (χ1n) is 6.55. The first kappa shape index (κ1) is 14.8. The number of nitrogens with two attached hydrogens (primary N) is 1. The molecule has 0 aliphatic heterocycles. The van der Waals surface area contributed by atoms with E-state index in [2.05, 4.69) is 31.1 Å². The Morgan fingerprint density at radius 2 is 1.95 bits per heavy atom. The number of nitro benzene ring substituents is 1. The van der Waals surface area contributed by atoms with E-state index in [1.807, 2.05) is 0 Å². The van der Waals surface area contributed by atoms with Crippen LogP contribution in [0.15, 0.2) is 36.5 Å². The molecule has 110 valence electrons. The third-order valence-electron chi connectivity index (χ3n) is 3.12. The zero-order valence-corrected chi connectivity index (χ0v) is 12.3. The highest BCUT2D eigenvalue weighted by atomic mass is 16.6. The summed E-state index contributed by atoms with van der Waals surface area (Å²) in [5.74, 6) is 0.401. The molecule has 0 unspecified atom stereocenters. The lowest BCUT2D eigenvalue weighted by Gasteiger charge is -2.20. The average molecular weight is 286 g/mol. The number of nitrogen functional groups attached to an aromatic ring is 1. The Morgan fingerprint density at radius 1 is 1.24 bits per heavy atom. The highest BCUT2D eigenvalue weighted by Crippen LogP contribution is 2.33. The molecule has 0 fully saturated rings. The number of aromatic nitrogens is 1. The summed E-state index contributed by atoms with van der Waals surface area (Å²) in [5, 5.41) is 14.2. The zero-order valence-electron chi connectivity index (χ0n) is 12.3. The first-order chi connectivity index (χ1) is 9.77. The second-order valence-corrected chi connectivity index (χ2v) is 5.84. The van der Waals surface area contributed by atoms with Crippen molar-refractivity contribution in [3.05, 3.63) is 52.2 Å². The number of benzene rings is 1. The van der Waals surface area contributed by atoms with Crippen molar-refractivity contribution in [3.63, 3.8) is 0 Å². The predicted octanol–water partition coefficient (Wildman–Crippen LogP) is 3.61. The molecule has 0 bridgehead atoms. The standard InChI is InChI=1S/C15H18N4O2/c1-15(2,3)10-4-6-13(19(20)21)12(8-10)18-11-5-7-14(16)17-9-11/h4-9,18H,1-3H3,(H2,16,17). The summed E-state index contributed by atoms with van der Waals surface area (Å²) in [6.45, 7) is 6.17. The van der Waals surface area contributed by atoms with Gasteiger partial charge < -0.3 is 11.1 Å². The van der Waals surface area contributed by atoms with Crippen LogP contribution >= 0.6 is 0 Å². The molecular formula is C15H18N4O2. The number of nitrogens with one attached hydrogen (secondary N) is 1. The normalized spacial score (nSPS) is 11.2. The summed E-state index contributed by atoms with van der Waals surface area (Å²) < 4.78 is 0. The number of anilines is 3. The largest absolute Gasteiger partial charge is 0.384 e. The maximum atomic E-state index is 11.2. The summed E-state index contributed by atoms with van der Waals surface area (Å²) in [4.78, 5) is 14.7. The molecule has 2 aromatic rings. The zero-order chi connectivity index (χ0) is 15.6. The third-order valence-corrected chi connectivity index (χ3v) is 3.12. The smallest absolute Gasteiger partial charge is 0.292 e. The molecule has 1 aromatic carbocycles. The van der Waals surface area contributed by atoms with Crippen LogP contribution in [0.25, 0.3) is 0 Å². The van der Waals surface area contributed by atoms with Gasteiger partial charge in [0.25, 0.3) is 5.69 Å². The molecule has 0 saturated heterocycles. The van der Waals surface area contributed by atoms with Gasteiger partial charge >= 0.3 is 0 Å². The van der Waals surface area contributed by atoms with Gasteiger partial charge in [0.15, 0.2) is 0 Å². The van der Waals surface area contributed by atoms with Crippen LogP contribution in [0.2, 0.25) is 0 Å². The molecule has 0 aliphatic rings. The van der Waals surface area contributed by atoms with Crippen molar-refractivity contribution in [2.24, 2.45) is 0 Å². The summed E-state index contributed by atoms with van der Waals surface area (Å²) >= 11 is 0. The van der Waals surface area contributed by atoms with Gasteiger partial charge in [0.2, 0.25) is 0 Å². The SMILES string of the molecule is CC(C)(C)c1ccc([N+](=O)[O-])c(Nc2ccc(N)nc2)c1. The lowest BCUT2D eigenvalue weighted by molar-refractivity contribution is -0.383. The van der Waals surface area contributed by atoms with Gasteiger partial charge in [-0.05, 0) is 29.2 Å². The van der Waals surface area contributed by atoms with Crippen LogP contribution in [-0.2, 0) is 5.41 Å². The van der Waals surface area contributed by atoms with Crippen LogP contribution in [0.1, 0.15) is 26.3 Å². The van der Waals surface area contributed by atoms with E-state index in [0.29, 0.717) is 17.2 Å². The van der Waals surface area contributed by atoms with Crippen LogP contribution in [0.4, 0.5) is 22.9 Å². The Hall–Kier alpha value is -2.63. The molecular weight excluding hydrogens is 268 g/mol. The maximum Gasteiger partial charge on any atom is 0.292 e. The number of hydrogen-bond donors (Lipinski definition) is 2. The van der Waals surface area contributed by atoms with Crippen LogP contribution in [-0.4, -0.2) is 9.91 Å². The first-order valence-corrected chi connectivity index (χ1v) is 6.55. The molecule has 1 aromatic heterocycles. The summed E-state index contributed by atoms with van der Waals surface area (Å²) in [5.41, 5.74) is 7.58. The molecule has 0 aliphatic carbocycles. The van der Waals surface area contributed by atoms with Crippen molar-refractivity contribution >= 4 is 22.9 Å². The monoisotopic (exact) mass is 286 g/mol. The van der Waals surface area contributed by atoms with Crippen LogP contribution in [0.5, 0.6) is 0 Å². The van der Waals surface area contributed by atoms with E-state index in [4.69, 9.17) is 5.73 Å². The fourth-order valence-corrected chi connectivity index (χ4v) is 1.90. The lowest BCUT2D eigenvalue weighted by atomic mass is 9.86. The predicted molar refractivity (Wildman–Crippen MR) is 83.7 cm³/mol. The number of hydrogen-bond acceptors (Lipinski definition) is 5. The van der Waals surface area contributed by atoms with E-state index in [0.717, 1.165) is 5.56 Å². The molecule has 0 saturated carbocycles. The van der Waals surface area contributed by atoms with Crippen LogP contribution in [0, 0.1) is 10.1 Å². The van der Waals surface area contributed by atoms with E-state index in [1.165, 1.54) is 6.07 Å². The van der Waals surface area contributed by atoms with Gasteiger partial charge in [0.05, 0.1) is 16.8 Å². The van der Waals surface area contributed by atoms with E-state index >= 15 is 0 Å². The molecule has 0 amide bonds. The fraction of sp³-hybridized carbons (Fsp3) is 0.267. The van der Waals surface area contributed by atoms with Gasteiger partial charge in [-0.2, -0.15) is 0 Å². The third kappa shape index (κ3) is 3.47. The van der Waals surface area contributed by atoms with Crippen molar-refractivity contribution in [1.82, 2.24) is 4.98 Å². The highest BCUT2D eigenvalue weighted by Gasteiger charge is 2.20. The minimum absolute atomic E-state index is 0.0276. The Bertz CT molecular complexity index is 660. The minimum atomic E-state index is -0.403. The average Bonchev–Trinajstić information content (AvgIpc) is 2.40. The maximum absolute atomic E-state index is 11.2. The van der Waals surface area contributed by atoms with Gasteiger partial charge in [0.1, 0.15) is 11.5 Å². The van der Waals surface area contributed by atoms with Gasteiger partial charge in [-0.1, -0.05) is 26.8 Å². The Balaban J connectivity index is 2.43. The van der Waals surface area contributed by atoms with E-state index in [-0.39, 0.29) is 11.1 Å². The topological polar surface area (TPSA) is 94.1 Å². The molecule has 21 heavy (non-hydrogen) atoms. The molecule has 0 atom stereocenters. The van der Waals surface area contributed by atoms with E-state index < -0.39 is 4.92 Å².